The number of methoxy groups -OCH3 is 1. The van der Waals surface area contributed by atoms with E-state index in [1.165, 1.54) is 19.2 Å². The van der Waals surface area contributed by atoms with Crippen LogP contribution in [0.5, 0.6) is 5.75 Å². The fourth-order valence-electron chi connectivity index (χ4n) is 2.21. The fourth-order valence-corrected chi connectivity index (χ4v) is 2.21. The van der Waals surface area contributed by atoms with Crippen LogP contribution in [0.3, 0.4) is 0 Å². The lowest BCUT2D eigenvalue weighted by atomic mass is 9.83. The first-order valence-corrected chi connectivity index (χ1v) is 6.26. The number of benzene rings is 1. The van der Waals surface area contributed by atoms with Crippen LogP contribution in [0.2, 0.25) is 0 Å². The Hall–Kier alpha value is -1.23. The van der Waals surface area contributed by atoms with E-state index in [9.17, 15) is 18.3 Å². The zero-order chi connectivity index (χ0) is 14.7. The Morgan fingerprint density at radius 2 is 1.79 bits per heavy atom. The normalized spacial score (nSPS) is 15.1. The van der Waals surface area contributed by atoms with E-state index in [1.54, 1.807) is 6.92 Å². The first kappa shape index (κ1) is 15.8. The van der Waals surface area contributed by atoms with E-state index in [4.69, 9.17) is 4.74 Å². The maximum atomic E-state index is 13.1. The smallest absolute Gasteiger partial charge is 0.416 e. The predicted molar refractivity (Wildman–Crippen MR) is 67.1 cm³/mol. The highest BCUT2D eigenvalue weighted by Crippen LogP contribution is 2.41. The molecule has 0 aliphatic heterocycles. The number of aliphatic hydroxyl groups is 1. The zero-order valence-electron chi connectivity index (χ0n) is 11.3. The highest BCUT2D eigenvalue weighted by atomic mass is 19.4. The second-order valence-corrected chi connectivity index (χ2v) is 4.54. The molecule has 5 heteroatoms. The van der Waals surface area contributed by atoms with Gasteiger partial charge in [0.2, 0.25) is 0 Å². The van der Waals surface area contributed by atoms with Crippen molar-refractivity contribution in [2.45, 2.75) is 44.9 Å². The van der Waals surface area contributed by atoms with Gasteiger partial charge in [0, 0.05) is 0 Å². The van der Waals surface area contributed by atoms with Crippen LogP contribution in [-0.4, -0.2) is 12.2 Å². The van der Waals surface area contributed by atoms with Crippen LogP contribution in [0.25, 0.3) is 0 Å². The minimum Gasteiger partial charge on any atom is -0.497 e. The molecule has 0 saturated carbocycles. The van der Waals surface area contributed by atoms with Crippen molar-refractivity contribution in [3.8, 4) is 5.75 Å². The summed E-state index contributed by atoms with van der Waals surface area (Å²) in [6, 6.07) is 3.69. The van der Waals surface area contributed by atoms with Crippen LogP contribution in [0.1, 0.15) is 44.2 Å². The molecule has 1 aromatic carbocycles. The number of ether oxygens (including phenoxy) is 1. The largest absolute Gasteiger partial charge is 0.497 e. The van der Waals surface area contributed by atoms with Crippen LogP contribution in [0.4, 0.5) is 13.2 Å². The van der Waals surface area contributed by atoms with Gasteiger partial charge in [-0.05, 0) is 30.5 Å². The Labute approximate surface area is 111 Å². The summed E-state index contributed by atoms with van der Waals surface area (Å²) in [4.78, 5) is 0. The Balaban J connectivity index is 3.41. The Bertz CT molecular complexity index is 429. The Morgan fingerprint density at radius 3 is 2.21 bits per heavy atom. The Morgan fingerprint density at radius 1 is 1.16 bits per heavy atom. The van der Waals surface area contributed by atoms with Gasteiger partial charge in [-0.25, -0.2) is 0 Å². The lowest BCUT2D eigenvalue weighted by Crippen LogP contribution is -2.28. The van der Waals surface area contributed by atoms with Crippen molar-refractivity contribution >= 4 is 0 Å². The molecule has 1 aromatic rings. The molecule has 0 radical (unpaired) electrons. The fraction of sp³-hybridized carbons (Fsp3) is 0.571. The Kier molecular flexibility index (Phi) is 4.85. The third kappa shape index (κ3) is 3.41. The maximum absolute atomic E-state index is 13.1. The van der Waals surface area contributed by atoms with Crippen molar-refractivity contribution in [3.63, 3.8) is 0 Å². The van der Waals surface area contributed by atoms with Gasteiger partial charge in [-0.3, -0.25) is 0 Å². The molecule has 0 aliphatic carbocycles. The van der Waals surface area contributed by atoms with Gasteiger partial charge in [0.05, 0.1) is 18.3 Å². The molecule has 0 unspecified atom stereocenters. The maximum Gasteiger partial charge on any atom is 0.416 e. The summed E-state index contributed by atoms with van der Waals surface area (Å²) >= 11 is 0. The van der Waals surface area contributed by atoms with E-state index in [0.29, 0.717) is 12.8 Å². The molecule has 0 amide bonds. The van der Waals surface area contributed by atoms with Crippen molar-refractivity contribution in [2.75, 3.05) is 7.11 Å². The van der Waals surface area contributed by atoms with Crippen molar-refractivity contribution < 1.29 is 23.0 Å². The molecule has 0 fully saturated rings. The topological polar surface area (TPSA) is 29.5 Å². The molecule has 19 heavy (non-hydrogen) atoms. The molecule has 0 aromatic heterocycles. The number of alkyl halides is 3. The molecular weight excluding hydrogens is 257 g/mol. The summed E-state index contributed by atoms with van der Waals surface area (Å²) in [5.41, 5.74) is -2.36. The minimum absolute atomic E-state index is 0.0786. The molecule has 0 bridgehead atoms. The second-order valence-electron chi connectivity index (χ2n) is 4.54. The summed E-state index contributed by atoms with van der Waals surface area (Å²) in [5, 5.41) is 10.5. The summed E-state index contributed by atoms with van der Waals surface area (Å²) < 4.78 is 44.1. The van der Waals surface area contributed by atoms with Crippen molar-refractivity contribution in [3.05, 3.63) is 29.3 Å². The number of halogens is 3. The van der Waals surface area contributed by atoms with Crippen molar-refractivity contribution in [1.82, 2.24) is 0 Å². The lowest BCUT2D eigenvalue weighted by molar-refractivity contribution is -0.141. The van der Waals surface area contributed by atoms with Gasteiger partial charge in [0.25, 0.3) is 0 Å². The van der Waals surface area contributed by atoms with Gasteiger partial charge in [0.1, 0.15) is 5.75 Å². The number of rotatable bonds is 5. The molecule has 0 spiro atoms. The van der Waals surface area contributed by atoms with Gasteiger partial charge in [0.15, 0.2) is 0 Å². The number of hydrogen-bond donors (Lipinski definition) is 1. The molecular formula is C14H19F3O2. The standard InChI is InChI=1S/C14H19F3O2/c1-4-8-13(18,5-2)11-7-6-10(19-3)9-12(11)14(15,16)17/h6-7,9,18H,4-5,8H2,1-3H3/t13-/m1/s1. The summed E-state index contributed by atoms with van der Waals surface area (Å²) in [6.45, 7) is 3.51. The minimum atomic E-state index is -4.51. The predicted octanol–water partition coefficient (Wildman–Crippen LogP) is 4.11. The highest BCUT2D eigenvalue weighted by Gasteiger charge is 2.40. The SMILES string of the molecule is CCC[C@](O)(CC)c1ccc(OC)cc1C(F)(F)F. The van der Waals surface area contributed by atoms with Crippen molar-refractivity contribution in [1.29, 1.82) is 0 Å². The third-order valence-corrected chi connectivity index (χ3v) is 3.28. The zero-order valence-corrected chi connectivity index (χ0v) is 11.3. The highest BCUT2D eigenvalue weighted by molar-refractivity contribution is 5.40. The van der Waals surface area contributed by atoms with Crippen molar-refractivity contribution in [2.24, 2.45) is 0 Å². The van der Waals surface area contributed by atoms with Crippen LogP contribution >= 0.6 is 0 Å². The number of hydrogen-bond acceptors (Lipinski definition) is 2. The van der Waals surface area contributed by atoms with Crippen LogP contribution in [0.15, 0.2) is 18.2 Å². The van der Waals surface area contributed by atoms with Crippen LogP contribution in [0, 0.1) is 0 Å². The van der Waals surface area contributed by atoms with Gasteiger partial charge in [-0.15, -0.1) is 0 Å². The second kappa shape index (κ2) is 5.82. The molecule has 2 nitrogen and oxygen atoms in total. The average molecular weight is 276 g/mol. The van der Waals surface area contributed by atoms with E-state index in [2.05, 4.69) is 0 Å². The molecule has 1 atom stereocenters. The van der Waals surface area contributed by atoms with Gasteiger partial charge in [-0.2, -0.15) is 13.2 Å². The van der Waals surface area contributed by atoms with E-state index in [-0.39, 0.29) is 17.7 Å². The lowest BCUT2D eigenvalue weighted by Gasteiger charge is -2.30. The van der Waals surface area contributed by atoms with E-state index in [0.717, 1.165) is 6.07 Å². The quantitative estimate of drug-likeness (QED) is 0.877. The monoisotopic (exact) mass is 276 g/mol. The molecule has 108 valence electrons. The molecule has 0 heterocycles. The third-order valence-electron chi connectivity index (χ3n) is 3.28. The molecule has 0 aliphatic rings. The summed E-state index contributed by atoms with van der Waals surface area (Å²) in [6.07, 6.45) is -3.39. The molecule has 1 rings (SSSR count). The van der Waals surface area contributed by atoms with E-state index >= 15 is 0 Å². The van der Waals surface area contributed by atoms with Crippen LogP contribution in [-0.2, 0) is 11.8 Å². The van der Waals surface area contributed by atoms with E-state index < -0.39 is 17.3 Å². The van der Waals surface area contributed by atoms with Gasteiger partial charge in [-0.1, -0.05) is 26.3 Å². The average Bonchev–Trinajstić information content (AvgIpc) is 2.37. The van der Waals surface area contributed by atoms with E-state index in [1.807, 2.05) is 6.92 Å². The first-order chi connectivity index (χ1) is 8.78. The summed E-state index contributed by atoms with van der Waals surface area (Å²) in [5.74, 6) is 0.131. The van der Waals surface area contributed by atoms with Crippen LogP contribution < -0.4 is 4.74 Å². The van der Waals surface area contributed by atoms with Gasteiger partial charge >= 0.3 is 6.18 Å². The molecule has 1 N–H and O–H groups in total. The van der Waals surface area contributed by atoms with Gasteiger partial charge < -0.3 is 9.84 Å². The summed E-state index contributed by atoms with van der Waals surface area (Å²) in [7, 11) is 1.31. The first-order valence-electron chi connectivity index (χ1n) is 6.26. The molecule has 0 saturated heterocycles.